The van der Waals surface area contributed by atoms with Gasteiger partial charge >= 0.3 is 0 Å². The van der Waals surface area contributed by atoms with Crippen LogP contribution in [0.5, 0.6) is 11.5 Å². The van der Waals surface area contributed by atoms with Crippen molar-refractivity contribution in [3.8, 4) is 11.5 Å². The van der Waals surface area contributed by atoms with Crippen LogP contribution in [0.4, 0.5) is 0 Å². The van der Waals surface area contributed by atoms with E-state index in [-0.39, 0.29) is 17.6 Å². The molecule has 0 amide bonds. The van der Waals surface area contributed by atoms with Gasteiger partial charge in [0.25, 0.3) is 0 Å². The molecule has 6 heteroatoms. The molecule has 33 heavy (non-hydrogen) atoms. The van der Waals surface area contributed by atoms with E-state index in [1.165, 1.54) is 22.3 Å². The van der Waals surface area contributed by atoms with Gasteiger partial charge in [0.15, 0.2) is 0 Å². The number of hydrogen-bond donors (Lipinski definition) is 0. The van der Waals surface area contributed by atoms with E-state index in [1.54, 1.807) is 0 Å². The summed E-state index contributed by atoms with van der Waals surface area (Å²) in [6.45, 7) is 9.05. The minimum Gasteiger partial charge on any atom is -0.491 e. The first-order chi connectivity index (χ1) is 16.0. The van der Waals surface area contributed by atoms with Crippen molar-refractivity contribution >= 4 is 0 Å². The van der Waals surface area contributed by atoms with E-state index in [1.807, 2.05) is 0 Å². The summed E-state index contributed by atoms with van der Waals surface area (Å²) < 4.78 is 33.8. The molecule has 176 valence electrons. The second-order valence-corrected chi connectivity index (χ2v) is 10.1. The zero-order valence-electron chi connectivity index (χ0n) is 19.4. The Labute approximate surface area is 195 Å². The predicted octanol–water partition coefficient (Wildman–Crippen LogP) is 3.45. The highest BCUT2D eigenvalue weighted by molar-refractivity contribution is 5.48. The molecule has 4 aliphatic rings. The molecule has 4 atom stereocenters. The van der Waals surface area contributed by atoms with Gasteiger partial charge in [-0.3, -0.25) is 0 Å². The topological polar surface area (TPSA) is 68.6 Å². The second-order valence-electron chi connectivity index (χ2n) is 10.1. The summed E-state index contributed by atoms with van der Waals surface area (Å²) in [4.78, 5) is 0. The van der Waals surface area contributed by atoms with Crippen molar-refractivity contribution in [2.75, 3.05) is 39.6 Å². The van der Waals surface area contributed by atoms with Gasteiger partial charge in [0.2, 0.25) is 0 Å². The third-order valence-electron chi connectivity index (χ3n) is 6.92. The summed E-state index contributed by atoms with van der Waals surface area (Å²) in [5.41, 5.74) is 4.78. The molecule has 4 saturated heterocycles. The van der Waals surface area contributed by atoms with Gasteiger partial charge < -0.3 is 28.4 Å². The fourth-order valence-corrected chi connectivity index (χ4v) is 4.26. The molecule has 2 aromatic rings. The molecule has 0 N–H and O–H groups in total. The van der Waals surface area contributed by atoms with E-state index in [0.717, 1.165) is 50.8 Å². The molecule has 0 saturated carbocycles. The largest absolute Gasteiger partial charge is 0.491 e. The van der Waals surface area contributed by atoms with E-state index in [2.05, 4.69) is 50.2 Å². The number of rotatable bonds is 12. The highest BCUT2D eigenvalue weighted by Crippen LogP contribution is 2.38. The molecule has 4 heterocycles. The third kappa shape index (κ3) is 5.35. The van der Waals surface area contributed by atoms with Crippen molar-refractivity contribution in [1.29, 1.82) is 0 Å². The number of ether oxygens (including phenoxy) is 6. The van der Waals surface area contributed by atoms with E-state index >= 15 is 0 Å². The smallest absolute Gasteiger partial charge is 0.122 e. The van der Waals surface area contributed by atoms with Gasteiger partial charge in [0.1, 0.15) is 36.9 Å². The normalized spacial score (nSPS) is 27.2. The highest BCUT2D eigenvalue weighted by atomic mass is 16.6. The Morgan fingerprint density at radius 1 is 0.667 bits per heavy atom. The van der Waals surface area contributed by atoms with Gasteiger partial charge in [0, 0.05) is 18.3 Å². The first-order valence-corrected chi connectivity index (χ1v) is 12.0. The zero-order chi connectivity index (χ0) is 22.4. The van der Waals surface area contributed by atoms with E-state index in [0.29, 0.717) is 25.4 Å². The van der Waals surface area contributed by atoms with Crippen LogP contribution in [-0.4, -0.2) is 64.1 Å². The Balaban J connectivity index is 1.26. The van der Waals surface area contributed by atoms with Crippen LogP contribution in [-0.2, 0) is 37.2 Å². The van der Waals surface area contributed by atoms with Gasteiger partial charge in [-0.15, -0.1) is 0 Å². The van der Waals surface area contributed by atoms with Gasteiger partial charge in [-0.2, -0.15) is 0 Å². The maximum atomic E-state index is 6.08. The second kappa shape index (κ2) is 8.58. The lowest BCUT2D eigenvalue weighted by molar-refractivity contribution is 0.260. The lowest BCUT2D eigenvalue weighted by atomic mass is 9.76. The molecule has 6 nitrogen and oxygen atoms in total. The van der Waals surface area contributed by atoms with E-state index < -0.39 is 0 Å². The van der Waals surface area contributed by atoms with Crippen molar-refractivity contribution in [2.24, 2.45) is 0 Å². The highest BCUT2D eigenvalue weighted by Gasteiger charge is 2.31. The van der Waals surface area contributed by atoms with Crippen LogP contribution in [0.2, 0.25) is 0 Å². The molecule has 3 unspecified atom stereocenters. The average Bonchev–Trinajstić information content (AvgIpc) is 3.61. The van der Waals surface area contributed by atoms with Crippen LogP contribution in [0.25, 0.3) is 0 Å². The van der Waals surface area contributed by atoms with Crippen molar-refractivity contribution in [1.82, 2.24) is 0 Å². The SMILES string of the molecule is CC(C)(c1ccc(OCC2CO2)c(CC2CO2)c1)c1ccc(OC[C@@H]2CO2)c(CC2CO2)c1. The molecule has 0 aliphatic carbocycles. The lowest BCUT2D eigenvalue weighted by Crippen LogP contribution is -2.20. The fourth-order valence-electron chi connectivity index (χ4n) is 4.26. The van der Waals surface area contributed by atoms with E-state index in [9.17, 15) is 0 Å². The summed E-state index contributed by atoms with van der Waals surface area (Å²) in [5.74, 6) is 1.89. The van der Waals surface area contributed by atoms with Gasteiger partial charge in [-0.1, -0.05) is 38.1 Å². The van der Waals surface area contributed by atoms with Crippen LogP contribution >= 0.6 is 0 Å². The van der Waals surface area contributed by atoms with Gasteiger partial charge in [-0.05, 0) is 34.4 Å². The fraction of sp³-hybridized carbons (Fsp3) is 0.556. The molecule has 0 radical (unpaired) electrons. The minimum absolute atomic E-state index is 0.172. The Bertz CT molecular complexity index is 922. The van der Waals surface area contributed by atoms with Crippen LogP contribution in [0.1, 0.15) is 36.1 Å². The Kier molecular flexibility index (Phi) is 5.57. The Morgan fingerprint density at radius 2 is 1.06 bits per heavy atom. The summed E-state index contributed by atoms with van der Waals surface area (Å²) in [7, 11) is 0. The maximum absolute atomic E-state index is 6.08. The molecular formula is C27H32O6. The zero-order valence-corrected chi connectivity index (χ0v) is 19.4. The first kappa shape index (κ1) is 21.4. The molecule has 0 bridgehead atoms. The van der Waals surface area contributed by atoms with Crippen LogP contribution in [0.3, 0.4) is 0 Å². The Hall–Kier alpha value is -2.12. The lowest BCUT2D eigenvalue weighted by Gasteiger charge is -2.28. The standard InChI is InChI=1S/C27H32O6/c1-27(2,19-3-5-25(32-15-23-13-30-23)17(7-19)9-21-11-28-21)20-4-6-26(33-16-24-14-31-24)18(8-20)10-22-12-29-22/h3-8,21-24H,9-16H2,1-2H3/t21?,22?,23-,24?/m0/s1. The van der Waals surface area contributed by atoms with Crippen molar-refractivity contribution in [3.05, 3.63) is 58.7 Å². The van der Waals surface area contributed by atoms with Crippen LogP contribution < -0.4 is 9.47 Å². The first-order valence-electron chi connectivity index (χ1n) is 12.0. The third-order valence-corrected chi connectivity index (χ3v) is 6.92. The van der Waals surface area contributed by atoms with Crippen LogP contribution in [0, 0.1) is 0 Å². The monoisotopic (exact) mass is 452 g/mol. The number of benzene rings is 2. The maximum Gasteiger partial charge on any atom is 0.122 e. The summed E-state index contributed by atoms with van der Waals surface area (Å²) >= 11 is 0. The van der Waals surface area contributed by atoms with Gasteiger partial charge in [0.05, 0.1) is 38.6 Å². The summed E-state index contributed by atoms with van der Waals surface area (Å²) in [6, 6.07) is 13.2. The summed E-state index contributed by atoms with van der Waals surface area (Å²) in [6.07, 6.45) is 2.86. The van der Waals surface area contributed by atoms with E-state index in [4.69, 9.17) is 28.4 Å². The van der Waals surface area contributed by atoms with Crippen LogP contribution in [0.15, 0.2) is 36.4 Å². The van der Waals surface area contributed by atoms with Crippen molar-refractivity contribution in [2.45, 2.75) is 56.5 Å². The molecular weight excluding hydrogens is 420 g/mol. The van der Waals surface area contributed by atoms with Crippen molar-refractivity contribution in [3.63, 3.8) is 0 Å². The number of hydrogen-bond acceptors (Lipinski definition) is 6. The Morgan fingerprint density at radius 3 is 1.42 bits per heavy atom. The summed E-state index contributed by atoms with van der Waals surface area (Å²) in [5, 5.41) is 0. The molecule has 0 spiro atoms. The number of epoxide rings is 4. The molecule has 4 fully saturated rings. The quantitative estimate of drug-likeness (QED) is 0.460. The average molecular weight is 453 g/mol. The molecule has 4 aliphatic heterocycles. The van der Waals surface area contributed by atoms with Crippen molar-refractivity contribution < 1.29 is 28.4 Å². The minimum atomic E-state index is -0.172. The molecule has 2 aromatic carbocycles. The molecule has 0 aromatic heterocycles. The molecule has 6 rings (SSSR count). The predicted molar refractivity (Wildman–Crippen MR) is 122 cm³/mol. The van der Waals surface area contributed by atoms with Gasteiger partial charge in [-0.25, -0.2) is 0 Å².